The maximum atomic E-state index is 6.89. The molecule has 0 fully saturated rings. The molecule has 0 atom stereocenters. The molecule has 124 heavy (non-hydrogen) atoms. The molecule has 2 heterocycles. The Morgan fingerprint density at radius 1 is 0.121 bits per heavy atom. The highest BCUT2D eigenvalue weighted by Gasteiger charge is 2.22. The number of nitrogens with zero attached hydrogens (tertiary/aromatic N) is 2. The van der Waals surface area contributed by atoms with Gasteiger partial charge in [-0.1, -0.05) is 400 Å². The summed E-state index contributed by atoms with van der Waals surface area (Å²) in [6.45, 7) is 0. The first-order valence-electron chi connectivity index (χ1n) is 42.4. The molecule has 23 rings (SSSR count). The second-order valence-electron chi connectivity index (χ2n) is 31.8. The normalized spacial score (nSPS) is 11.4. The van der Waals surface area contributed by atoms with Crippen molar-refractivity contribution in [2.24, 2.45) is 0 Å². The molecule has 0 aliphatic rings. The van der Waals surface area contributed by atoms with E-state index in [1.807, 2.05) is 6.07 Å². The highest BCUT2D eigenvalue weighted by Crippen LogP contribution is 2.47. The summed E-state index contributed by atoms with van der Waals surface area (Å²) in [7, 11) is 0. The summed E-state index contributed by atoms with van der Waals surface area (Å²) in [6.07, 6.45) is 0. The van der Waals surface area contributed by atoms with Crippen LogP contribution in [0.15, 0.2) is 494 Å². The van der Waals surface area contributed by atoms with Crippen LogP contribution in [-0.2, 0) is 0 Å². The lowest BCUT2D eigenvalue weighted by Gasteiger charge is -2.26. The summed E-state index contributed by atoms with van der Waals surface area (Å²) < 4.78 is 13.6. The predicted molar refractivity (Wildman–Crippen MR) is 524 cm³/mol. The molecule has 23 aromatic rings. The lowest BCUT2D eigenvalue weighted by atomic mass is 9.95. The second kappa shape index (κ2) is 32.4. The Kier molecular flexibility index (Phi) is 19.3. The van der Waals surface area contributed by atoms with Crippen molar-refractivity contribution >= 4 is 110 Å². The van der Waals surface area contributed by atoms with E-state index in [4.69, 9.17) is 8.83 Å². The second-order valence-corrected chi connectivity index (χ2v) is 31.8. The number of furan rings is 2. The van der Waals surface area contributed by atoms with Gasteiger partial charge in [-0.3, -0.25) is 0 Å². The molecule has 4 heteroatoms. The Hall–Kier alpha value is -16.4. The van der Waals surface area contributed by atoms with Gasteiger partial charge in [0.15, 0.2) is 0 Å². The molecule has 0 aliphatic heterocycles. The van der Waals surface area contributed by atoms with E-state index in [-0.39, 0.29) is 0 Å². The summed E-state index contributed by atoms with van der Waals surface area (Å²) >= 11 is 0. The average Bonchev–Trinajstić information content (AvgIpc) is 1.60. The van der Waals surface area contributed by atoms with Crippen LogP contribution in [0.5, 0.6) is 0 Å². The Bertz CT molecular complexity index is 7850. The summed E-state index contributed by atoms with van der Waals surface area (Å²) in [5.74, 6) is 0. The molecule has 0 N–H and O–H groups in total. The molecular formula is C120H80N2O2. The zero-order valence-electron chi connectivity index (χ0n) is 67.9. The molecule has 0 unspecified atom stereocenters. The molecule has 21 aromatic carbocycles. The minimum atomic E-state index is 0.907. The van der Waals surface area contributed by atoms with Gasteiger partial charge < -0.3 is 18.6 Å². The highest BCUT2D eigenvalue weighted by atomic mass is 16.3. The maximum Gasteiger partial charge on any atom is 0.143 e. The maximum absolute atomic E-state index is 6.89. The first-order chi connectivity index (χ1) is 61.4. The number of para-hydroxylation sites is 4. The molecule has 4 nitrogen and oxygen atoms in total. The number of rotatable bonds is 16. The van der Waals surface area contributed by atoms with Crippen molar-refractivity contribution in [3.05, 3.63) is 485 Å². The Labute approximate surface area is 720 Å². The minimum absolute atomic E-state index is 0.907. The largest absolute Gasteiger partial charge is 0.455 e. The Morgan fingerprint density at radius 3 is 0.742 bits per heavy atom. The van der Waals surface area contributed by atoms with Crippen molar-refractivity contribution in [3.63, 3.8) is 0 Å². The first kappa shape index (κ1) is 73.9. The first-order valence-corrected chi connectivity index (χ1v) is 42.4. The van der Waals surface area contributed by atoms with Gasteiger partial charge in [0.2, 0.25) is 0 Å². The van der Waals surface area contributed by atoms with Crippen molar-refractivity contribution in [3.8, 4) is 111 Å². The Morgan fingerprint density at radius 2 is 0.355 bits per heavy atom. The summed E-state index contributed by atoms with van der Waals surface area (Å²) in [6, 6.07) is 174. The summed E-state index contributed by atoms with van der Waals surface area (Å²) in [5.41, 5.74) is 33.4. The zero-order chi connectivity index (χ0) is 82.2. The van der Waals surface area contributed by atoms with Crippen LogP contribution in [0.25, 0.3) is 187 Å². The van der Waals surface area contributed by atoms with Gasteiger partial charge in [0.25, 0.3) is 0 Å². The Balaban J connectivity index is 0.000000148. The smallest absolute Gasteiger partial charge is 0.143 e. The third-order valence-electron chi connectivity index (χ3n) is 24.4. The monoisotopic (exact) mass is 1580 g/mol. The van der Waals surface area contributed by atoms with Gasteiger partial charge in [0, 0.05) is 77.9 Å². The summed E-state index contributed by atoms with van der Waals surface area (Å²) in [4.78, 5) is 4.69. The van der Waals surface area contributed by atoms with E-state index in [1.54, 1.807) is 0 Å². The number of hydrogen-bond acceptors (Lipinski definition) is 4. The van der Waals surface area contributed by atoms with E-state index < -0.39 is 0 Å². The van der Waals surface area contributed by atoms with Crippen LogP contribution in [0, 0.1) is 0 Å². The fourth-order valence-corrected chi connectivity index (χ4v) is 18.1. The van der Waals surface area contributed by atoms with Crippen molar-refractivity contribution < 1.29 is 8.83 Å². The van der Waals surface area contributed by atoms with E-state index in [0.29, 0.717) is 0 Å². The third kappa shape index (κ3) is 14.3. The lowest BCUT2D eigenvalue weighted by Crippen LogP contribution is -2.09. The van der Waals surface area contributed by atoms with Crippen LogP contribution in [0.1, 0.15) is 0 Å². The van der Waals surface area contributed by atoms with Gasteiger partial charge in [-0.15, -0.1) is 0 Å². The van der Waals surface area contributed by atoms with Crippen molar-refractivity contribution in [2.45, 2.75) is 0 Å². The van der Waals surface area contributed by atoms with E-state index >= 15 is 0 Å². The number of benzene rings is 21. The van der Waals surface area contributed by atoms with Crippen LogP contribution in [0.4, 0.5) is 34.1 Å². The van der Waals surface area contributed by atoms with Crippen LogP contribution in [0.3, 0.4) is 0 Å². The van der Waals surface area contributed by atoms with E-state index in [2.05, 4.69) is 489 Å². The quantitative estimate of drug-likeness (QED) is 0.0965. The van der Waals surface area contributed by atoms with Crippen LogP contribution >= 0.6 is 0 Å². The number of fused-ring (bicyclic) bond motifs is 9. The van der Waals surface area contributed by atoms with Gasteiger partial charge in [-0.05, 0) is 206 Å². The van der Waals surface area contributed by atoms with Gasteiger partial charge in [-0.2, -0.15) is 0 Å². The van der Waals surface area contributed by atoms with E-state index in [0.717, 1.165) is 128 Å². The molecule has 0 saturated heterocycles. The zero-order valence-corrected chi connectivity index (χ0v) is 67.9. The number of hydrogen-bond donors (Lipinski definition) is 0. The van der Waals surface area contributed by atoms with E-state index in [1.165, 1.54) is 93.5 Å². The lowest BCUT2D eigenvalue weighted by molar-refractivity contribution is 0.670. The molecular weight excluding hydrogens is 1500 g/mol. The van der Waals surface area contributed by atoms with Crippen LogP contribution in [-0.4, -0.2) is 0 Å². The highest BCUT2D eigenvalue weighted by molar-refractivity contribution is 6.16. The fraction of sp³-hybridized carbons (Fsp3) is 0. The summed E-state index contributed by atoms with van der Waals surface area (Å²) in [5, 5.41) is 11.8. The van der Waals surface area contributed by atoms with Gasteiger partial charge in [-0.25, -0.2) is 0 Å². The van der Waals surface area contributed by atoms with Crippen molar-refractivity contribution in [1.29, 1.82) is 0 Å². The molecule has 0 radical (unpaired) electrons. The van der Waals surface area contributed by atoms with E-state index in [9.17, 15) is 0 Å². The van der Waals surface area contributed by atoms with Gasteiger partial charge >= 0.3 is 0 Å². The molecule has 0 spiro atoms. The predicted octanol–water partition coefficient (Wildman–Crippen LogP) is 34.2. The molecule has 0 saturated carbocycles. The van der Waals surface area contributed by atoms with Crippen LogP contribution in [0.2, 0.25) is 0 Å². The van der Waals surface area contributed by atoms with Crippen molar-refractivity contribution in [2.75, 3.05) is 9.80 Å². The SMILES string of the molecule is c1ccc(-c2ccc(N(c3ccc(-c4ccc(-c5cccc(-c6cccc7c6oc6c(-c8cccc9ccccc89)cccc67)c5)cc4)cc3)c3ccc4ccccc4c3)cc2)cc1.c1ccc(-c2ccc(N(c3ccc(-c4ccc(-c5cccc(-c6cccc7c6oc6c(-c8ccccc8)cccc67)c5)cc4)cc3)c3ccc4ccccc4c3)cc2)cc1. The number of anilines is 6. The third-order valence-corrected chi connectivity index (χ3v) is 24.4. The molecule has 2 aromatic heterocycles. The van der Waals surface area contributed by atoms with Crippen molar-refractivity contribution in [1.82, 2.24) is 0 Å². The molecule has 0 amide bonds. The van der Waals surface area contributed by atoms with Crippen LogP contribution < -0.4 is 9.80 Å². The molecule has 0 aliphatic carbocycles. The minimum Gasteiger partial charge on any atom is -0.455 e. The fourth-order valence-electron chi connectivity index (χ4n) is 18.1. The average molecular weight is 1580 g/mol. The standard InChI is InChI=1S/C62H41NO.C58H39NO/c1-2-12-42(13-3-1)45-30-35-52(36-31-45)63(54-39-34-43-14-4-5-16-50(43)41-54)53-37-32-46(33-38-53)44-26-28-47(29-27-44)49-18-8-19-51(40-49)56-21-10-24-59-60-25-11-23-58(62(60)64-61(56)59)57-22-9-17-48-15-6-7-20-55(48)57;1-3-12-40(13-4-1)43-28-33-50(34-29-43)59(52-37-32-41-14-7-8-17-48(41)39-52)51-35-30-44(31-36-51)42-24-26-45(27-25-42)47-18-9-19-49(38-47)54-21-11-23-56-55-22-10-20-53(57(55)60-58(54)56)46-15-5-2-6-16-46/h1-41H;1-39H. The molecule has 0 bridgehead atoms. The van der Waals surface area contributed by atoms with Gasteiger partial charge in [0.1, 0.15) is 22.3 Å². The molecule has 582 valence electrons. The topological polar surface area (TPSA) is 32.8 Å². The van der Waals surface area contributed by atoms with Gasteiger partial charge in [0.05, 0.1) is 0 Å².